The van der Waals surface area contributed by atoms with Gasteiger partial charge in [-0.25, -0.2) is 4.79 Å². The number of nitriles is 2. The fourth-order valence-corrected chi connectivity index (χ4v) is 2.76. The zero-order valence-electron chi connectivity index (χ0n) is 12.5. The van der Waals surface area contributed by atoms with Crippen LogP contribution in [0.2, 0.25) is 0 Å². The first-order valence-electron chi connectivity index (χ1n) is 7.09. The molecule has 2 rings (SSSR count). The molecule has 0 saturated carbocycles. The van der Waals surface area contributed by atoms with Gasteiger partial charge in [0.25, 0.3) is 5.91 Å². The molecule has 1 aromatic rings. The predicted octanol–water partition coefficient (Wildman–Crippen LogP) is 2.66. The molecule has 6 nitrogen and oxygen atoms in total. The summed E-state index contributed by atoms with van der Waals surface area (Å²) < 4.78 is 0.875. The van der Waals surface area contributed by atoms with Crippen LogP contribution in [0.25, 0.3) is 0 Å². The van der Waals surface area contributed by atoms with Crippen molar-refractivity contribution in [1.29, 1.82) is 10.5 Å². The van der Waals surface area contributed by atoms with E-state index in [0.717, 1.165) is 9.37 Å². The molecule has 2 atom stereocenters. The molecule has 1 saturated heterocycles. The number of rotatable bonds is 5. The molecule has 1 heterocycles. The maximum absolute atomic E-state index is 12.7. The molecule has 1 aliphatic heterocycles. The third-order valence-electron chi connectivity index (χ3n) is 3.89. The number of hydrogen-bond donors (Lipinski definition) is 1. The van der Waals surface area contributed by atoms with Gasteiger partial charge in [-0.3, -0.25) is 9.69 Å². The maximum atomic E-state index is 12.7. The molecule has 0 aliphatic carbocycles. The topological polar surface area (TPSA) is 97.0 Å². The van der Waals surface area contributed by atoms with E-state index >= 15 is 0 Å². The van der Waals surface area contributed by atoms with Crippen LogP contribution in [0.3, 0.4) is 0 Å². The molecule has 1 fully saturated rings. The summed E-state index contributed by atoms with van der Waals surface area (Å²) in [5.41, 5.74) is -0.473. The van der Waals surface area contributed by atoms with Crippen molar-refractivity contribution in [3.05, 3.63) is 34.3 Å². The number of imide groups is 1. The number of carbonyl (C=O) groups excluding carboxylic acids is 2. The van der Waals surface area contributed by atoms with Crippen LogP contribution < -0.4 is 5.32 Å². The van der Waals surface area contributed by atoms with E-state index in [1.807, 2.05) is 12.1 Å². The lowest BCUT2D eigenvalue weighted by atomic mass is 9.92. The van der Waals surface area contributed by atoms with Crippen molar-refractivity contribution in [3.8, 4) is 12.1 Å². The standard InChI is InChI=1S/C16H15BrN4O2/c1-16(12-4-6-13(17)7-5-12)14(22)21(15(23)20-16)10-11(9-19)3-2-8-18/h4-7,11H,2-3,10H2,1H3,(H,20,23). The Hall–Kier alpha value is -2.38. The first-order chi connectivity index (χ1) is 10.9. The highest BCUT2D eigenvalue weighted by molar-refractivity contribution is 9.10. The third kappa shape index (κ3) is 3.35. The highest BCUT2D eigenvalue weighted by atomic mass is 79.9. The summed E-state index contributed by atoms with van der Waals surface area (Å²) in [6.07, 6.45) is 0.547. The van der Waals surface area contributed by atoms with E-state index in [-0.39, 0.29) is 18.9 Å². The number of amides is 3. The third-order valence-corrected chi connectivity index (χ3v) is 4.42. The second kappa shape index (κ2) is 6.80. The van der Waals surface area contributed by atoms with Crippen LogP contribution in [-0.4, -0.2) is 23.4 Å². The van der Waals surface area contributed by atoms with Crippen molar-refractivity contribution >= 4 is 27.9 Å². The lowest BCUT2D eigenvalue weighted by Gasteiger charge is -2.22. The molecule has 0 bridgehead atoms. The van der Waals surface area contributed by atoms with Gasteiger partial charge in [-0.2, -0.15) is 10.5 Å². The van der Waals surface area contributed by atoms with Crippen molar-refractivity contribution in [3.63, 3.8) is 0 Å². The number of urea groups is 1. The van der Waals surface area contributed by atoms with Crippen LogP contribution in [0.5, 0.6) is 0 Å². The minimum absolute atomic E-state index is 0.00500. The average molecular weight is 375 g/mol. The number of hydrogen-bond acceptors (Lipinski definition) is 4. The van der Waals surface area contributed by atoms with Gasteiger partial charge in [0, 0.05) is 17.4 Å². The zero-order valence-corrected chi connectivity index (χ0v) is 14.1. The molecule has 23 heavy (non-hydrogen) atoms. The van der Waals surface area contributed by atoms with E-state index in [2.05, 4.69) is 21.2 Å². The highest BCUT2D eigenvalue weighted by Crippen LogP contribution is 2.30. The van der Waals surface area contributed by atoms with E-state index < -0.39 is 17.5 Å². The van der Waals surface area contributed by atoms with Crippen molar-refractivity contribution in [2.75, 3.05) is 6.54 Å². The summed E-state index contributed by atoms with van der Waals surface area (Å²) in [7, 11) is 0. The van der Waals surface area contributed by atoms with Crippen LogP contribution in [0, 0.1) is 28.6 Å². The van der Waals surface area contributed by atoms with Crippen LogP contribution in [0.1, 0.15) is 25.3 Å². The Kier molecular flexibility index (Phi) is 5.02. The molecule has 0 aromatic heterocycles. The molecular formula is C16H15BrN4O2. The van der Waals surface area contributed by atoms with Crippen molar-refractivity contribution < 1.29 is 9.59 Å². The minimum Gasteiger partial charge on any atom is -0.319 e. The van der Waals surface area contributed by atoms with Crippen molar-refractivity contribution in [1.82, 2.24) is 10.2 Å². The van der Waals surface area contributed by atoms with E-state index in [1.54, 1.807) is 31.2 Å². The second-order valence-electron chi connectivity index (χ2n) is 5.50. The molecule has 1 N–H and O–H groups in total. The Balaban J connectivity index is 2.21. The Bertz CT molecular complexity index is 704. The molecule has 1 aliphatic rings. The highest BCUT2D eigenvalue weighted by Gasteiger charge is 2.49. The lowest BCUT2D eigenvalue weighted by molar-refractivity contribution is -0.131. The average Bonchev–Trinajstić information content (AvgIpc) is 2.75. The number of halogens is 1. The SMILES string of the molecule is CC1(c2ccc(Br)cc2)NC(=O)N(CC(C#N)CCC#N)C1=O. The van der Waals surface area contributed by atoms with E-state index in [1.165, 1.54) is 0 Å². The first kappa shape index (κ1) is 17.0. The van der Waals surface area contributed by atoms with E-state index in [9.17, 15) is 9.59 Å². The van der Waals surface area contributed by atoms with Crippen LogP contribution in [0.4, 0.5) is 4.79 Å². The second-order valence-corrected chi connectivity index (χ2v) is 6.42. The van der Waals surface area contributed by atoms with Gasteiger partial charge in [0.1, 0.15) is 5.54 Å². The monoisotopic (exact) mass is 374 g/mol. The van der Waals surface area contributed by atoms with Gasteiger partial charge < -0.3 is 5.32 Å². The molecule has 1 aromatic carbocycles. The lowest BCUT2D eigenvalue weighted by Crippen LogP contribution is -2.41. The van der Waals surface area contributed by atoms with Gasteiger partial charge in [-0.1, -0.05) is 28.1 Å². The Morgan fingerprint density at radius 2 is 1.96 bits per heavy atom. The quantitative estimate of drug-likeness (QED) is 0.800. The van der Waals surface area contributed by atoms with Gasteiger partial charge in [-0.15, -0.1) is 0 Å². The molecular weight excluding hydrogens is 360 g/mol. The number of nitrogens with zero attached hydrogens (tertiary/aromatic N) is 3. The summed E-state index contributed by atoms with van der Waals surface area (Å²) in [5.74, 6) is -0.932. The van der Waals surface area contributed by atoms with Gasteiger partial charge in [0.2, 0.25) is 0 Å². The fourth-order valence-electron chi connectivity index (χ4n) is 2.50. The van der Waals surface area contributed by atoms with E-state index in [0.29, 0.717) is 12.0 Å². The maximum Gasteiger partial charge on any atom is 0.325 e. The number of carbonyl (C=O) groups is 2. The van der Waals surface area contributed by atoms with Gasteiger partial charge in [-0.05, 0) is 31.0 Å². The normalized spacial score (nSPS) is 21.5. The zero-order chi connectivity index (χ0) is 17.0. The van der Waals surface area contributed by atoms with Gasteiger partial charge >= 0.3 is 6.03 Å². The van der Waals surface area contributed by atoms with Gasteiger partial charge in [0.05, 0.1) is 18.1 Å². The summed E-state index contributed by atoms with van der Waals surface area (Å²) in [6.45, 7) is 1.64. The van der Waals surface area contributed by atoms with E-state index in [4.69, 9.17) is 10.5 Å². The largest absolute Gasteiger partial charge is 0.325 e. The van der Waals surface area contributed by atoms with Gasteiger partial charge in [0.15, 0.2) is 0 Å². The molecule has 0 radical (unpaired) electrons. The fraction of sp³-hybridized carbons (Fsp3) is 0.375. The summed E-state index contributed by atoms with van der Waals surface area (Å²) >= 11 is 3.33. The molecule has 7 heteroatoms. The van der Waals surface area contributed by atoms with Crippen LogP contribution >= 0.6 is 15.9 Å². The number of nitrogens with one attached hydrogen (secondary N) is 1. The minimum atomic E-state index is -1.15. The smallest absolute Gasteiger partial charge is 0.319 e. The van der Waals surface area contributed by atoms with Crippen LogP contribution in [-0.2, 0) is 10.3 Å². The van der Waals surface area contributed by atoms with Crippen molar-refractivity contribution in [2.24, 2.45) is 5.92 Å². The first-order valence-corrected chi connectivity index (χ1v) is 7.88. The van der Waals surface area contributed by atoms with Crippen LogP contribution in [0.15, 0.2) is 28.7 Å². The Morgan fingerprint density at radius 1 is 1.30 bits per heavy atom. The van der Waals surface area contributed by atoms with Crippen molar-refractivity contribution in [2.45, 2.75) is 25.3 Å². The summed E-state index contributed by atoms with van der Waals surface area (Å²) in [6, 6.07) is 10.6. The molecule has 0 spiro atoms. The molecule has 2 unspecified atom stereocenters. The summed E-state index contributed by atoms with van der Waals surface area (Å²) in [5, 5.41) is 20.4. The molecule has 118 valence electrons. The predicted molar refractivity (Wildman–Crippen MR) is 85.7 cm³/mol. The molecule has 3 amide bonds. The Labute approximate surface area is 142 Å². The summed E-state index contributed by atoms with van der Waals surface area (Å²) in [4.78, 5) is 25.9. The Morgan fingerprint density at radius 3 is 2.52 bits per heavy atom. The number of benzene rings is 1.